The van der Waals surface area contributed by atoms with Gasteiger partial charge >= 0.3 is 66.0 Å². The molecule has 0 radical (unpaired) electrons. The van der Waals surface area contributed by atoms with Gasteiger partial charge in [-0.15, -0.1) is 0 Å². The van der Waals surface area contributed by atoms with Crippen molar-refractivity contribution in [2.45, 2.75) is 39.5 Å². The molecule has 0 amide bonds. The van der Waals surface area contributed by atoms with Crippen LogP contribution in [0.5, 0.6) is 0 Å². The van der Waals surface area contributed by atoms with Crippen LogP contribution in [-0.4, -0.2) is 62.3 Å². The van der Waals surface area contributed by atoms with Crippen LogP contribution >= 0.6 is 15.6 Å². The van der Waals surface area contributed by atoms with Crippen LogP contribution in [0.4, 0.5) is 50.4 Å². The summed E-state index contributed by atoms with van der Waals surface area (Å²) in [7, 11) is -16.6. The second-order valence-electron chi connectivity index (χ2n) is 8.10. The molecule has 2 nitrogen and oxygen atoms in total. The molecule has 0 aromatic rings. The molecule has 0 saturated carbocycles. The first-order valence-electron chi connectivity index (χ1n) is 9.23. The molecule has 2 aliphatic rings. The summed E-state index contributed by atoms with van der Waals surface area (Å²) in [6.45, 7) is 12.9. The van der Waals surface area contributed by atoms with Gasteiger partial charge in [-0.25, -0.2) is 0 Å². The van der Waals surface area contributed by atoms with E-state index in [9.17, 15) is 50.4 Å². The third kappa shape index (κ3) is 35.4. The van der Waals surface area contributed by atoms with E-state index in [0.29, 0.717) is 0 Å². The zero-order valence-electron chi connectivity index (χ0n) is 17.4. The molecule has 192 valence electrons. The molecule has 0 unspecified atom stereocenters. The second-order valence-corrected chi connectivity index (χ2v) is 11.9. The van der Waals surface area contributed by atoms with Crippen molar-refractivity contribution in [2.75, 3.05) is 53.4 Å². The summed E-state index contributed by atoms with van der Waals surface area (Å²) >= 11 is 0. The number of rotatable bonds is 2. The Balaban J connectivity index is 0. The summed E-state index contributed by atoms with van der Waals surface area (Å²) in [5.41, 5.74) is 0. The van der Waals surface area contributed by atoms with E-state index in [1.165, 1.54) is 73.9 Å². The molecule has 0 N–H and O–H groups in total. The zero-order valence-corrected chi connectivity index (χ0v) is 19.2. The van der Waals surface area contributed by atoms with Crippen molar-refractivity contribution < 1.29 is 59.3 Å². The number of likely N-dealkylation sites (tertiary alicyclic amines) is 2. The number of hydrogen-bond donors (Lipinski definition) is 0. The van der Waals surface area contributed by atoms with Gasteiger partial charge in [0, 0.05) is 25.7 Å². The van der Waals surface area contributed by atoms with E-state index in [1.807, 2.05) is 0 Å². The van der Waals surface area contributed by atoms with Crippen LogP contribution < -0.4 is 0 Å². The van der Waals surface area contributed by atoms with Crippen molar-refractivity contribution in [3.8, 4) is 0 Å². The van der Waals surface area contributed by atoms with E-state index < -0.39 is 15.6 Å². The number of quaternary nitrogens is 2. The van der Waals surface area contributed by atoms with Gasteiger partial charge in [-0.1, -0.05) is 0 Å². The van der Waals surface area contributed by atoms with Crippen LogP contribution in [0.2, 0.25) is 0 Å². The fourth-order valence-electron chi connectivity index (χ4n) is 2.83. The molecule has 30 heavy (non-hydrogen) atoms. The summed E-state index contributed by atoms with van der Waals surface area (Å²) in [6.07, 6.45) is 5.80. The summed E-state index contributed by atoms with van der Waals surface area (Å²) in [5, 5.41) is 0. The molecular weight excluding hydrogens is 486 g/mol. The Hall–Kier alpha value is -0.0600. The first-order chi connectivity index (χ1) is 12.4. The van der Waals surface area contributed by atoms with Gasteiger partial charge < -0.3 is 8.97 Å². The van der Waals surface area contributed by atoms with Crippen molar-refractivity contribution in [1.82, 2.24) is 0 Å². The van der Waals surface area contributed by atoms with Crippen molar-refractivity contribution in [2.24, 2.45) is 0 Å². The standard InChI is InChI=1S/2C7H16N.2F6P/c2*1-3-8(2)6-4-5-7-8;2*1-7(2,3,4,5)6/h2*3-7H2,1-2H3;;/q2*+1;2*-1. The molecule has 0 spiro atoms. The van der Waals surface area contributed by atoms with Crippen LogP contribution in [0, 0.1) is 0 Å². The van der Waals surface area contributed by atoms with Gasteiger partial charge in [-0.2, -0.15) is 0 Å². The molecule has 2 heterocycles. The Bertz CT molecular complexity index is 455. The van der Waals surface area contributed by atoms with Gasteiger partial charge in [-0.05, 0) is 13.8 Å². The molecule has 0 atom stereocenters. The maximum absolute atomic E-state index is 10.7. The van der Waals surface area contributed by atoms with Gasteiger partial charge in [0.25, 0.3) is 0 Å². The zero-order chi connectivity index (χ0) is 24.9. The molecule has 16 heteroatoms. The molecule has 2 aliphatic heterocycles. The normalized spacial score (nSPS) is 24.8. The van der Waals surface area contributed by atoms with E-state index in [4.69, 9.17) is 0 Å². The Labute approximate surface area is 168 Å². The Morgan fingerprint density at radius 1 is 0.467 bits per heavy atom. The van der Waals surface area contributed by atoms with E-state index >= 15 is 0 Å². The van der Waals surface area contributed by atoms with Crippen LogP contribution in [0.25, 0.3) is 0 Å². The van der Waals surface area contributed by atoms with Crippen LogP contribution in [-0.2, 0) is 0 Å². The van der Waals surface area contributed by atoms with Gasteiger partial charge in [-0.3, -0.25) is 0 Å². The summed E-state index contributed by atoms with van der Waals surface area (Å²) in [4.78, 5) is 0. The van der Waals surface area contributed by atoms with Crippen molar-refractivity contribution in [3.05, 3.63) is 0 Å². The molecular formula is C14H32F12N2P2. The topological polar surface area (TPSA) is 0 Å². The third-order valence-electron chi connectivity index (χ3n) is 4.82. The fraction of sp³-hybridized carbons (Fsp3) is 1.00. The molecule has 0 bridgehead atoms. The van der Waals surface area contributed by atoms with Gasteiger partial charge in [0.15, 0.2) is 0 Å². The minimum absolute atomic E-state index is 1.32. The predicted molar refractivity (Wildman–Crippen MR) is 98.5 cm³/mol. The van der Waals surface area contributed by atoms with Crippen LogP contribution in [0.1, 0.15) is 39.5 Å². The van der Waals surface area contributed by atoms with E-state index in [-0.39, 0.29) is 0 Å². The summed E-state index contributed by atoms with van der Waals surface area (Å²) in [5.74, 6) is 0. The minimum atomic E-state index is -10.7. The van der Waals surface area contributed by atoms with Crippen LogP contribution in [0.3, 0.4) is 0 Å². The molecule has 0 aromatic heterocycles. The first-order valence-corrected chi connectivity index (χ1v) is 13.3. The predicted octanol–water partition coefficient (Wildman–Crippen LogP) is 9.26. The number of hydrogen-bond acceptors (Lipinski definition) is 0. The Morgan fingerprint density at radius 2 is 0.600 bits per heavy atom. The Kier molecular flexibility index (Phi) is 8.97. The van der Waals surface area contributed by atoms with Crippen LogP contribution in [0.15, 0.2) is 0 Å². The SMILES string of the molecule is CC[N+]1(C)CCCC1.CC[N+]1(C)CCCC1.F[P-](F)(F)(F)(F)F.F[P-](F)(F)(F)(F)F. The summed E-state index contributed by atoms with van der Waals surface area (Å²) < 4.78 is 121. The average Bonchev–Trinajstić information content (AvgIpc) is 3.03. The molecule has 2 fully saturated rings. The average molecular weight is 518 g/mol. The summed E-state index contributed by atoms with van der Waals surface area (Å²) in [6, 6.07) is 0. The molecule has 0 aliphatic carbocycles. The van der Waals surface area contributed by atoms with Gasteiger partial charge in [0.1, 0.15) is 0 Å². The quantitative estimate of drug-likeness (QED) is 0.194. The van der Waals surface area contributed by atoms with Crippen molar-refractivity contribution >= 4 is 15.6 Å². The van der Waals surface area contributed by atoms with E-state index in [1.54, 1.807) is 0 Å². The fourth-order valence-corrected chi connectivity index (χ4v) is 2.83. The molecule has 2 rings (SSSR count). The second kappa shape index (κ2) is 8.37. The van der Waals surface area contributed by atoms with Gasteiger partial charge in [0.2, 0.25) is 0 Å². The van der Waals surface area contributed by atoms with Crippen molar-refractivity contribution in [1.29, 1.82) is 0 Å². The molecule has 2 saturated heterocycles. The maximum atomic E-state index is 9.87. The third-order valence-corrected chi connectivity index (χ3v) is 4.82. The van der Waals surface area contributed by atoms with Gasteiger partial charge in [0.05, 0.1) is 53.4 Å². The Morgan fingerprint density at radius 3 is 0.667 bits per heavy atom. The number of nitrogens with zero attached hydrogens (tertiary/aromatic N) is 2. The van der Waals surface area contributed by atoms with E-state index in [0.717, 1.165) is 0 Å². The van der Waals surface area contributed by atoms with Crippen molar-refractivity contribution in [3.63, 3.8) is 0 Å². The van der Waals surface area contributed by atoms with E-state index in [2.05, 4.69) is 27.9 Å². The number of halogens is 12. The first kappa shape index (κ1) is 32.1. The monoisotopic (exact) mass is 518 g/mol. The molecule has 0 aromatic carbocycles.